The number of nitrogens with one attached hydrogen (secondary N) is 4. The molecule has 2 fully saturated rings. The lowest BCUT2D eigenvalue weighted by atomic mass is 9.83. The molecule has 1 unspecified atom stereocenters. The molecule has 5 aliphatic rings. The molecule has 246 valence electrons. The quantitative estimate of drug-likeness (QED) is 0.206. The van der Waals surface area contributed by atoms with E-state index >= 15 is 0 Å². The van der Waals surface area contributed by atoms with E-state index in [0.717, 1.165) is 56.6 Å². The largest absolute Gasteiger partial charge is 0.468 e. The highest BCUT2D eigenvalue weighted by molar-refractivity contribution is 6.24. The minimum Gasteiger partial charge on any atom is -0.468 e. The Balaban J connectivity index is 1.52. The minimum atomic E-state index is -1.12. The van der Waals surface area contributed by atoms with E-state index in [4.69, 9.17) is 14.2 Å². The summed E-state index contributed by atoms with van der Waals surface area (Å²) in [5.74, 6) is -2.48. The number of esters is 2. The van der Waals surface area contributed by atoms with Crippen molar-refractivity contribution in [2.24, 2.45) is 17.8 Å². The molecule has 0 aromatic carbocycles. The number of aromatic nitrogens is 2. The van der Waals surface area contributed by atoms with E-state index in [1.807, 2.05) is 13.0 Å². The summed E-state index contributed by atoms with van der Waals surface area (Å²) in [6.07, 6.45) is 9.71. The SMILES string of the molecule is C=CC1=C2/C=c3\[nH]/c(c(CC)c3C)=C\c3[nH]c4c(c3C)C(=O)[C@H](C(=O)OC)C4=C3NC(/C=C(\N2)[C@]12CO2)[C@@H](C)[C@@H]3CCC(=O)OCC. The molecule has 7 rings (SSSR count). The van der Waals surface area contributed by atoms with Crippen molar-refractivity contribution in [2.75, 3.05) is 20.3 Å². The Morgan fingerprint density at radius 1 is 1.15 bits per heavy atom. The predicted molar refractivity (Wildman–Crippen MR) is 177 cm³/mol. The smallest absolute Gasteiger partial charge is 0.321 e. The number of rotatable bonds is 7. The molecule has 5 atom stereocenters. The second-order valence-corrected chi connectivity index (χ2v) is 13.1. The van der Waals surface area contributed by atoms with Crippen LogP contribution in [0.25, 0.3) is 17.7 Å². The van der Waals surface area contributed by atoms with Crippen LogP contribution < -0.4 is 21.3 Å². The first-order chi connectivity index (χ1) is 22.6. The van der Waals surface area contributed by atoms with Crippen LogP contribution in [-0.2, 0) is 30.2 Å². The number of allylic oxidation sites excluding steroid dienone is 2. The van der Waals surface area contributed by atoms with Crippen molar-refractivity contribution in [3.63, 3.8) is 0 Å². The van der Waals surface area contributed by atoms with Crippen LogP contribution >= 0.6 is 0 Å². The summed E-state index contributed by atoms with van der Waals surface area (Å²) in [4.78, 5) is 47.3. The topological polar surface area (TPSA) is 138 Å². The summed E-state index contributed by atoms with van der Waals surface area (Å²) in [6, 6.07) is -0.198. The van der Waals surface area contributed by atoms with E-state index in [-0.39, 0.29) is 36.1 Å². The lowest BCUT2D eigenvalue weighted by Crippen LogP contribution is -2.29. The maximum Gasteiger partial charge on any atom is 0.321 e. The van der Waals surface area contributed by atoms with Crippen LogP contribution in [0, 0.1) is 31.6 Å². The van der Waals surface area contributed by atoms with Crippen LogP contribution in [0.5, 0.6) is 0 Å². The Labute approximate surface area is 273 Å². The second-order valence-electron chi connectivity index (χ2n) is 13.1. The number of hydrogen-bond acceptors (Lipinski definition) is 8. The molecular formula is C37H42N4O6. The number of aromatic amines is 2. The molecule has 4 N–H and O–H groups in total. The number of hydrogen-bond donors (Lipinski definition) is 4. The van der Waals surface area contributed by atoms with Gasteiger partial charge in [0.25, 0.3) is 0 Å². The van der Waals surface area contributed by atoms with Gasteiger partial charge < -0.3 is 34.8 Å². The van der Waals surface area contributed by atoms with Gasteiger partial charge in [0.1, 0.15) is 5.92 Å². The normalized spacial score (nSPS) is 29.4. The molecule has 10 nitrogen and oxygen atoms in total. The van der Waals surface area contributed by atoms with Gasteiger partial charge in [0, 0.05) is 62.9 Å². The molecule has 2 aromatic rings. The number of ketones is 1. The molecule has 0 radical (unpaired) electrons. The fourth-order valence-corrected chi connectivity index (χ4v) is 8.13. The van der Waals surface area contributed by atoms with Crippen LogP contribution in [0.2, 0.25) is 0 Å². The molecule has 47 heavy (non-hydrogen) atoms. The number of carbonyl (C=O) groups is 3. The van der Waals surface area contributed by atoms with Crippen LogP contribution in [0.1, 0.15) is 72.0 Å². The molecule has 6 heterocycles. The van der Waals surface area contributed by atoms with Crippen molar-refractivity contribution < 1.29 is 28.6 Å². The fraction of sp³-hybridized carbons (Fsp3) is 0.432. The van der Waals surface area contributed by atoms with E-state index in [2.05, 4.69) is 66.2 Å². The van der Waals surface area contributed by atoms with E-state index < -0.39 is 17.5 Å². The van der Waals surface area contributed by atoms with Gasteiger partial charge in [-0.25, -0.2) is 0 Å². The van der Waals surface area contributed by atoms with Crippen molar-refractivity contribution in [2.45, 2.75) is 65.5 Å². The number of ether oxygens (including phenoxy) is 3. The maximum absolute atomic E-state index is 14.2. The summed E-state index contributed by atoms with van der Waals surface area (Å²) in [7, 11) is 1.31. The Hall–Kier alpha value is -4.57. The molecule has 4 aliphatic heterocycles. The van der Waals surface area contributed by atoms with Gasteiger partial charge in [0.15, 0.2) is 11.4 Å². The van der Waals surface area contributed by atoms with Crippen LogP contribution in [0.3, 0.4) is 0 Å². The highest BCUT2D eigenvalue weighted by atomic mass is 16.6. The third kappa shape index (κ3) is 4.59. The molecular weight excluding hydrogens is 596 g/mol. The van der Waals surface area contributed by atoms with Crippen molar-refractivity contribution in [3.05, 3.63) is 85.7 Å². The molecule has 0 saturated carbocycles. The zero-order chi connectivity index (χ0) is 33.4. The average molecular weight is 639 g/mol. The number of H-pyrrole nitrogens is 2. The zero-order valence-corrected chi connectivity index (χ0v) is 27.8. The van der Waals surface area contributed by atoms with E-state index in [9.17, 15) is 14.4 Å². The summed E-state index contributed by atoms with van der Waals surface area (Å²) in [5.41, 5.74) is 8.57. The standard InChI is InChI=1S/C37H42N4O6/c1-8-20-17(4)23-14-27-22(9-2)37(16-47-37)28(39-27)15-25-18(5)21(11-12-29(42)46-10-3)33(40-25)31-32(36(44)45-7)35(43)30-19(6)24(41-34(30)31)13-26(20)38-23/h9,13-15,18,21,25,32,38-41H,2,8,10-12,16H2,1,3-7H3/b23-14-,26-13-,28-15-,33-31?/t18-,21-,25?,32+,37-/m0/s1. The van der Waals surface area contributed by atoms with Gasteiger partial charge in [-0.15, -0.1) is 0 Å². The molecule has 1 aliphatic carbocycles. The van der Waals surface area contributed by atoms with E-state index in [1.165, 1.54) is 12.7 Å². The third-order valence-electron chi connectivity index (χ3n) is 10.7. The average Bonchev–Trinajstić information content (AvgIpc) is 3.28. The highest BCUT2D eigenvalue weighted by Gasteiger charge is 2.56. The highest BCUT2D eigenvalue weighted by Crippen LogP contribution is 2.50. The summed E-state index contributed by atoms with van der Waals surface area (Å²) in [5, 5.41) is 9.31. The van der Waals surface area contributed by atoms with Crippen LogP contribution in [0.15, 0.2) is 41.4 Å². The number of fused-ring (bicyclic) bond motifs is 8. The van der Waals surface area contributed by atoms with Crippen LogP contribution in [0.4, 0.5) is 0 Å². The summed E-state index contributed by atoms with van der Waals surface area (Å²) in [6.45, 7) is 15.1. The molecule has 1 spiro atoms. The first-order valence-electron chi connectivity index (χ1n) is 16.5. The van der Waals surface area contributed by atoms with Crippen LogP contribution in [-0.4, -0.2) is 59.7 Å². The molecule has 2 aromatic heterocycles. The number of carbonyl (C=O) groups excluding carboxylic acids is 3. The summed E-state index contributed by atoms with van der Waals surface area (Å²) < 4.78 is 16.7. The van der Waals surface area contributed by atoms with Gasteiger partial charge in [-0.3, -0.25) is 14.4 Å². The lowest BCUT2D eigenvalue weighted by Gasteiger charge is -2.20. The zero-order valence-electron chi connectivity index (χ0n) is 27.8. The van der Waals surface area contributed by atoms with Gasteiger partial charge in [-0.05, 0) is 74.4 Å². The number of epoxide rings is 1. The number of methoxy groups -OCH3 is 1. The second kappa shape index (κ2) is 11.3. The fourth-order valence-electron chi connectivity index (χ4n) is 8.13. The van der Waals surface area contributed by atoms with Gasteiger partial charge in [-0.1, -0.05) is 26.5 Å². The summed E-state index contributed by atoms with van der Waals surface area (Å²) >= 11 is 0. The van der Waals surface area contributed by atoms with Crippen molar-refractivity contribution in [1.82, 2.24) is 20.6 Å². The Bertz CT molecular complexity index is 1970. The van der Waals surface area contributed by atoms with Crippen molar-refractivity contribution >= 4 is 35.4 Å². The molecule has 0 amide bonds. The van der Waals surface area contributed by atoms with E-state index in [1.54, 1.807) is 6.92 Å². The molecule has 10 heteroatoms. The Morgan fingerprint density at radius 2 is 1.91 bits per heavy atom. The minimum absolute atomic E-state index is 0.00707. The van der Waals surface area contributed by atoms with Gasteiger partial charge in [0.2, 0.25) is 0 Å². The Morgan fingerprint density at radius 3 is 2.57 bits per heavy atom. The van der Waals surface area contributed by atoms with Gasteiger partial charge in [0.05, 0.1) is 31.7 Å². The Kier molecular flexibility index (Phi) is 7.46. The number of Topliss-reactive ketones (excluding diaryl/α,β-unsaturated/α-hetero) is 1. The van der Waals surface area contributed by atoms with Crippen molar-refractivity contribution in [1.29, 1.82) is 0 Å². The van der Waals surface area contributed by atoms with Gasteiger partial charge in [-0.2, -0.15) is 0 Å². The third-order valence-corrected chi connectivity index (χ3v) is 10.7. The monoisotopic (exact) mass is 638 g/mol. The van der Waals surface area contributed by atoms with Gasteiger partial charge >= 0.3 is 11.9 Å². The molecule has 8 bridgehead atoms. The first kappa shape index (κ1) is 31.1. The van der Waals surface area contributed by atoms with Crippen molar-refractivity contribution in [3.8, 4) is 0 Å². The van der Waals surface area contributed by atoms with E-state index in [0.29, 0.717) is 36.5 Å². The molecule has 2 saturated heterocycles. The first-order valence-corrected chi connectivity index (χ1v) is 16.5. The predicted octanol–water partition coefficient (Wildman–Crippen LogP) is 3.11. The maximum atomic E-state index is 14.2. The lowest BCUT2D eigenvalue weighted by molar-refractivity contribution is -0.144.